The number of carbonyl (C=O) groups is 1. The number of ether oxygens (including phenoxy) is 1. The first-order chi connectivity index (χ1) is 9.11. The molecule has 1 rings (SSSR count). The molecular formula is C13H19NO5S. The second-order valence-corrected chi connectivity index (χ2v) is 6.63. The van der Waals surface area contributed by atoms with E-state index in [1.807, 2.05) is 20.8 Å². The fourth-order valence-electron chi connectivity index (χ4n) is 1.88. The minimum atomic E-state index is -3.94. The van der Waals surface area contributed by atoms with Gasteiger partial charge >= 0.3 is 5.97 Å². The van der Waals surface area contributed by atoms with Gasteiger partial charge < -0.3 is 9.84 Å². The second kappa shape index (κ2) is 6.23. The van der Waals surface area contributed by atoms with Crippen molar-refractivity contribution in [1.82, 2.24) is 0 Å². The molecule has 6 nitrogen and oxygen atoms in total. The van der Waals surface area contributed by atoms with Crippen molar-refractivity contribution in [2.75, 3.05) is 0 Å². The standard InChI is InChI=1S/C13H19NO5S/c1-8(2)6-9(3)19-12-5-4-10(20(14,17)18)7-11(12)13(15)16/h4-5,7-9H,6H2,1-3H3,(H,15,16)(H2,14,17,18). The van der Waals surface area contributed by atoms with Crippen LogP contribution >= 0.6 is 0 Å². The molecule has 20 heavy (non-hydrogen) atoms. The van der Waals surface area contributed by atoms with Gasteiger partial charge in [0, 0.05) is 0 Å². The number of rotatable bonds is 6. The van der Waals surface area contributed by atoms with E-state index in [0.29, 0.717) is 5.92 Å². The summed E-state index contributed by atoms with van der Waals surface area (Å²) in [6, 6.07) is 3.56. The Balaban J connectivity index is 3.12. The van der Waals surface area contributed by atoms with Crippen LogP contribution in [0.2, 0.25) is 0 Å². The Morgan fingerprint density at radius 3 is 2.40 bits per heavy atom. The Bertz CT molecular complexity index is 595. The molecule has 0 radical (unpaired) electrons. The molecule has 1 unspecified atom stereocenters. The van der Waals surface area contributed by atoms with Gasteiger partial charge in [-0.15, -0.1) is 0 Å². The van der Waals surface area contributed by atoms with Gasteiger partial charge in [-0.05, 0) is 37.5 Å². The summed E-state index contributed by atoms with van der Waals surface area (Å²) in [6.45, 7) is 5.89. The lowest BCUT2D eigenvalue weighted by molar-refractivity contribution is 0.0688. The van der Waals surface area contributed by atoms with Crippen molar-refractivity contribution in [3.63, 3.8) is 0 Å². The van der Waals surface area contributed by atoms with E-state index in [1.54, 1.807) is 0 Å². The molecule has 0 aliphatic carbocycles. The molecule has 1 aromatic carbocycles. The van der Waals surface area contributed by atoms with Crippen LogP contribution in [0.5, 0.6) is 5.75 Å². The maximum Gasteiger partial charge on any atom is 0.339 e. The minimum absolute atomic E-state index is 0.137. The largest absolute Gasteiger partial charge is 0.490 e. The summed E-state index contributed by atoms with van der Waals surface area (Å²) < 4.78 is 28.0. The highest BCUT2D eigenvalue weighted by atomic mass is 32.2. The molecule has 0 spiro atoms. The number of nitrogens with two attached hydrogens (primary N) is 1. The maximum absolute atomic E-state index is 11.2. The zero-order valence-electron chi connectivity index (χ0n) is 11.7. The second-order valence-electron chi connectivity index (χ2n) is 5.07. The lowest BCUT2D eigenvalue weighted by atomic mass is 10.1. The fraction of sp³-hybridized carbons (Fsp3) is 0.462. The summed E-state index contributed by atoms with van der Waals surface area (Å²) in [6.07, 6.45) is 0.587. The summed E-state index contributed by atoms with van der Waals surface area (Å²) in [5.74, 6) is -0.720. The average molecular weight is 301 g/mol. The van der Waals surface area contributed by atoms with E-state index in [1.165, 1.54) is 12.1 Å². The van der Waals surface area contributed by atoms with E-state index < -0.39 is 16.0 Å². The third kappa shape index (κ3) is 4.50. The third-order valence-corrected chi connectivity index (χ3v) is 3.55. The highest BCUT2D eigenvalue weighted by molar-refractivity contribution is 7.89. The van der Waals surface area contributed by atoms with Crippen LogP contribution in [-0.2, 0) is 10.0 Å². The number of carboxylic acids is 1. The Morgan fingerprint density at radius 2 is 1.95 bits per heavy atom. The van der Waals surface area contributed by atoms with Crippen LogP contribution in [0.3, 0.4) is 0 Å². The quantitative estimate of drug-likeness (QED) is 0.833. The van der Waals surface area contributed by atoms with Gasteiger partial charge in [0.2, 0.25) is 10.0 Å². The predicted octanol–water partition coefficient (Wildman–Crippen LogP) is 1.85. The van der Waals surface area contributed by atoms with E-state index in [4.69, 9.17) is 15.0 Å². The highest BCUT2D eigenvalue weighted by Gasteiger charge is 2.18. The summed E-state index contributed by atoms with van der Waals surface area (Å²) in [5.41, 5.74) is -0.216. The third-order valence-electron chi connectivity index (χ3n) is 2.64. The van der Waals surface area contributed by atoms with Gasteiger partial charge in [-0.2, -0.15) is 0 Å². The molecule has 0 bridgehead atoms. The molecule has 1 atom stereocenters. The average Bonchev–Trinajstić information content (AvgIpc) is 2.26. The minimum Gasteiger partial charge on any atom is -0.490 e. The van der Waals surface area contributed by atoms with E-state index in [2.05, 4.69) is 0 Å². The van der Waals surface area contributed by atoms with E-state index in [9.17, 15) is 13.2 Å². The number of sulfonamides is 1. The molecule has 0 fully saturated rings. The Labute approximate surface area is 118 Å². The fourth-order valence-corrected chi connectivity index (χ4v) is 2.42. The number of carboxylic acid groups (broad SMARTS) is 1. The molecule has 0 aromatic heterocycles. The van der Waals surface area contributed by atoms with Crippen molar-refractivity contribution < 1.29 is 23.1 Å². The van der Waals surface area contributed by atoms with Gasteiger partial charge in [0.1, 0.15) is 11.3 Å². The Kier molecular flexibility index (Phi) is 5.13. The van der Waals surface area contributed by atoms with E-state index >= 15 is 0 Å². The molecule has 0 saturated carbocycles. The summed E-state index contributed by atoms with van der Waals surface area (Å²) in [7, 11) is -3.94. The van der Waals surface area contributed by atoms with Crippen LogP contribution in [-0.4, -0.2) is 25.6 Å². The van der Waals surface area contributed by atoms with E-state index in [-0.39, 0.29) is 22.3 Å². The molecule has 0 aliphatic heterocycles. The van der Waals surface area contributed by atoms with Gasteiger partial charge in [-0.3, -0.25) is 0 Å². The first-order valence-electron chi connectivity index (χ1n) is 6.18. The highest BCUT2D eigenvalue weighted by Crippen LogP contribution is 2.24. The lowest BCUT2D eigenvalue weighted by Gasteiger charge is -2.18. The van der Waals surface area contributed by atoms with Crippen LogP contribution in [0.25, 0.3) is 0 Å². The Morgan fingerprint density at radius 1 is 1.35 bits per heavy atom. The van der Waals surface area contributed by atoms with E-state index in [0.717, 1.165) is 12.5 Å². The van der Waals surface area contributed by atoms with Crippen molar-refractivity contribution in [3.8, 4) is 5.75 Å². The van der Waals surface area contributed by atoms with Crippen LogP contribution in [0.15, 0.2) is 23.1 Å². The van der Waals surface area contributed by atoms with Gasteiger partial charge in [0.05, 0.1) is 11.0 Å². The van der Waals surface area contributed by atoms with Crippen molar-refractivity contribution in [3.05, 3.63) is 23.8 Å². The zero-order valence-corrected chi connectivity index (χ0v) is 12.5. The van der Waals surface area contributed by atoms with Gasteiger partial charge in [0.25, 0.3) is 0 Å². The number of hydrogen-bond acceptors (Lipinski definition) is 4. The van der Waals surface area contributed by atoms with Crippen LogP contribution < -0.4 is 9.88 Å². The van der Waals surface area contributed by atoms with Gasteiger partial charge in [-0.25, -0.2) is 18.4 Å². The molecule has 1 aromatic rings. The first-order valence-corrected chi connectivity index (χ1v) is 7.72. The first kappa shape index (κ1) is 16.5. The summed E-state index contributed by atoms with van der Waals surface area (Å²) in [5, 5.41) is 14.1. The molecule has 0 heterocycles. The molecule has 0 aliphatic rings. The molecule has 0 saturated heterocycles. The van der Waals surface area contributed by atoms with Crippen LogP contribution in [0.4, 0.5) is 0 Å². The summed E-state index contributed by atoms with van der Waals surface area (Å²) in [4.78, 5) is 10.9. The summed E-state index contributed by atoms with van der Waals surface area (Å²) >= 11 is 0. The smallest absolute Gasteiger partial charge is 0.339 e. The Hall–Kier alpha value is -1.60. The SMILES string of the molecule is CC(C)CC(C)Oc1ccc(S(N)(=O)=O)cc1C(=O)O. The van der Waals surface area contributed by atoms with Crippen molar-refractivity contribution >= 4 is 16.0 Å². The van der Waals surface area contributed by atoms with Gasteiger partial charge in [0.15, 0.2) is 0 Å². The lowest BCUT2D eigenvalue weighted by Crippen LogP contribution is -2.17. The van der Waals surface area contributed by atoms with Crippen LogP contribution in [0.1, 0.15) is 37.6 Å². The topological polar surface area (TPSA) is 107 Å². The van der Waals surface area contributed by atoms with Gasteiger partial charge in [-0.1, -0.05) is 13.8 Å². The molecule has 112 valence electrons. The number of hydrogen-bond donors (Lipinski definition) is 2. The normalized spacial score (nSPS) is 13.2. The molecule has 0 amide bonds. The van der Waals surface area contributed by atoms with Crippen molar-refractivity contribution in [2.45, 2.75) is 38.2 Å². The number of aromatic carboxylic acids is 1. The van der Waals surface area contributed by atoms with Crippen molar-refractivity contribution in [2.24, 2.45) is 11.1 Å². The number of benzene rings is 1. The molecular weight excluding hydrogens is 282 g/mol. The molecule has 7 heteroatoms. The maximum atomic E-state index is 11.2. The van der Waals surface area contributed by atoms with Crippen LogP contribution in [0, 0.1) is 5.92 Å². The predicted molar refractivity (Wildman–Crippen MR) is 74.3 cm³/mol. The number of primary sulfonamides is 1. The monoisotopic (exact) mass is 301 g/mol. The zero-order chi connectivity index (χ0) is 15.5. The molecule has 3 N–H and O–H groups in total. The van der Waals surface area contributed by atoms with Crippen molar-refractivity contribution in [1.29, 1.82) is 0 Å².